The molecule has 0 aromatic rings. The predicted octanol–water partition coefficient (Wildman–Crippen LogP) is 2.29. The van der Waals surface area contributed by atoms with Crippen LogP contribution in [0.15, 0.2) is 0 Å². The molecule has 0 saturated heterocycles. The summed E-state index contributed by atoms with van der Waals surface area (Å²) in [5.74, 6) is -3.91. The van der Waals surface area contributed by atoms with Crippen LogP contribution in [0.1, 0.15) is 4.11 Å². The van der Waals surface area contributed by atoms with Crippen molar-refractivity contribution >= 4 is 28.3 Å². The van der Waals surface area contributed by atoms with E-state index in [1.54, 1.807) is 0 Å². The maximum absolute atomic E-state index is 10.2. The summed E-state index contributed by atoms with van der Waals surface area (Å²) in [5, 5.41) is 0. The monoisotopic (exact) mass is 135 g/mol. The van der Waals surface area contributed by atoms with E-state index in [0.29, 0.717) is 0 Å². The van der Waals surface area contributed by atoms with Gasteiger partial charge in [0.2, 0.25) is 5.85 Å². The van der Waals surface area contributed by atoms with Gasteiger partial charge in [0.05, 0.1) is 0 Å². The summed E-state index contributed by atoms with van der Waals surface area (Å²) in [4.78, 5) is 0. The molecule has 0 aliphatic rings. The lowest BCUT2D eigenvalue weighted by molar-refractivity contribution is 0.595. The fourth-order valence-electron chi connectivity index (χ4n) is 0. The summed E-state index contributed by atoms with van der Waals surface area (Å²) in [6.07, 6.45) is 0. The van der Waals surface area contributed by atoms with Crippen LogP contribution in [0.3, 0.4) is 0 Å². The molecule has 0 atom stereocenters. The summed E-state index contributed by atoms with van der Waals surface area (Å²) in [6.45, 7) is -2.73. The van der Waals surface area contributed by atoms with Crippen LogP contribution in [0.4, 0.5) is 0 Å². The highest BCUT2D eigenvalue weighted by atomic mass is 35.9. The normalized spacial score (nSPS) is 23.2. The first-order chi connectivity index (χ1) is 3.25. The Hall–Kier alpha value is 0.810. The van der Waals surface area contributed by atoms with Crippen molar-refractivity contribution in [3.8, 4) is 0 Å². The minimum atomic E-state index is -3.91. The van der Waals surface area contributed by atoms with E-state index in [4.69, 9.17) is 26.6 Å². The van der Waals surface area contributed by atoms with Gasteiger partial charge in [-0.3, -0.25) is 4.57 Å². The molecule has 0 N–H and O–H groups in total. The molecule has 0 heterocycles. The van der Waals surface area contributed by atoms with Crippen LogP contribution in [0.5, 0.6) is 0 Å². The molecule has 0 spiro atoms. The first kappa shape index (κ1) is 2.20. The molecular weight excluding hydrogens is 130 g/mol. The Kier molecular flexibility index (Phi) is 0.664. The van der Waals surface area contributed by atoms with Crippen molar-refractivity contribution in [2.75, 3.05) is 6.59 Å². The Morgan fingerprint density at radius 2 is 2.20 bits per heavy atom. The van der Waals surface area contributed by atoms with E-state index in [0.717, 1.165) is 0 Å². The lowest BCUT2D eigenvalue weighted by Crippen LogP contribution is -1.37. The van der Waals surface area contributed by atoms with E-state index < -0.39 is 12.4 Å². The Labute approximate surface area is 44.4 Å². The van der Waals surface area contributed by atoms with Gasteiger partial charge in [0.25, 0.3) is 0 Å². The van der Waals surface area contributed by atoms with Gasteiger partial charge in [-0.1, -0.05) is 0 Å². The van der Waals surface area contributed by atoms with Crippen molar-refractivity contribution in [3.05, 3.63) is 0 Å². The molecule has 0 aliphatic carbocycles. The van der Waals surface area contributed by atoms with E-state index in [1.165, 1.54) is 0 Å². The Bertz CT molecular complexity index is 124. The van der Waals surface area contributed by atoms with Crippen molar-refractivity contribution < 1.29 is 8.68 Å². The highest BCUT2D eigenvalue weighted by molar-refractivity contribution is 8.08. The van der Waals surface area contributed by atoms with Gasteiger partial charge in [-0.25, -0.2) is 0 Å². The Balaban J connectivity index is 4.26. The van der Waals surface area contributed by atoms with Crippen molar-refractivity contribution in [2.24, 2.45) is 0 Å². The van der Waals surface area contributed by atoms with Gasteiger partial charge in [0, 0.05) is 10.7 Å². The zero-order valence-electron chi connectivity index (χ0n) is 5.11. The molecule has 0 aliphatic heterocycles. The van der Waals surface area contributed by atoms with Crippen LogP contribution < -0.4 is 0 Å². The summed E-state index contributed by atoms with van der Waals surface area (Å²) < 4.78 is 29.4. The summed E-state index contributed by atoms with van der Waals surface area (Å²) in [7, 11) is 0. The summed E-state index contributed by atoms with van der Waals surface area (Å²) in [6, 6.07) is 0. The summed E-state index contributed by atoms with van der Waals surface area (Å²) >= 11 is 9.54. The van der Waals surface area contributed by atoms with Gasteiger partial charge in [0.1, 0.15) is 0 Å². The molecule has 4 heteroatoms. The standard InChI is InChI=1S/CH3Cl2OP/c1-5(2,3)4/h1H3/i1D3. The second-order valence-electron chi connectivity index (χ2n) is 0.462. The zero-order valence-corrected chi connectivity index (χ0v) is 4.52. The molecule has 0 fully saturated rings. The van der Waals surface area contributed by atoms with Crippen molar-refractivity contribution in [1.82, 2.24) is 0 Å². The van der Waals surface area contributed by atoms with Crippen LogP contribution in [0, 0.1) is 0 Å². The third-order valence-electron chi connectivity index (χ3n) is 0. The third-order valence-corrected chi connectivity index (χ3v) is 0. The number of halogens is 2. The molecule has 0 radical (unpaired) electrons. The quantitative estimate of drug-likeness (QED) is 0.466. The van der Waals surface area contributed by atoms with Crippen molar-refractivity contribution in [1.29, 1.82) is 0 Å². The zero-order chi connectivity index (χ0) is 7.00. The fraction of sp³-hybridized carbons (Fsp3) is 1.00. The Morgan fingerprint density at radius 3 is 2.20 bits per heavy atom. The largest absolute Gasteiger partial charge is 0.290 e. The summed E-state index contributed by atoms with van der Waals surface area (Å²) in [5.41, 5.74) is 0. The second kappa shape index (κ2) is 1.51. The lowest BCUT2D eigenvalue weighted by atomic mass is 12.0. The van der Waals surface area contributed by atoms with Gasteiger partial charge >= 0.3 is 0 Å². The molecular formula is CH3Cl2OP. The van der Waals surface area contributed by atoms with Gasteiger partial charge < -0.3 is 0 Å². The van der Waals surface area contributed by atoms with Crippen LogP contribution >= 0.6 is 28.3 Å². The van der Waals surface area contributed by atoms with Crippen LogP contribution in [0.25, 0.3) is 0 Å². The average Bonchev–Trinajstić information content (AvgIpc) is 1.25. The van der Waals surface area contributed by atoms with Crippen molar-refractivity contribution in [2.45, 2.75) is 0 Å². The Morgan fingerprint density at radius 1 is 2.00 bits per heavy atom. The van der Waals surface area contributed by atoms with Gasteiger partial charge in [-0.15, -0.1) is 0 Å². The van der Waals surface area contributed by atoms with E-state index in [1.807, 2.05) is 0 Å². The fourth-order valence-corrected chi connectivity index (χ4v) is 0. The van der Waals surface area contributed by atoms with Crippen molar-refractivity contribution in [3.63, 3.8) is 0 Å². The van der Waals surface area contributed by atoms with E-state index in [9.17, 15) is 4.57 Å². The van der Waals surface area contributed by atoms with Crippen LogP contribution in [0.2, 0.25) is 0 Å². The SMILES string of the molecule is [2H]C([2H])([2H])P(=O)(Cl)Cl. The van der Waals surface area contributed by atoms with E-state index in [-0.39, 0.29) is 0 Å². The maximum atomic E-state index is 10.2. The maximum Gasteiger partial charge on any atom is 0.250 e. The molecule has 0 saturated carbocycles. The first-order valence-electron chi connectivity index (χ1n) is 2.24. The molecule has 0 aromatic heterocycles. The van der Waals surface area contributed by atoms with Gasteiger partial charge in [-0.2, -0.15) is 0 Å². The molecule has 0 unspecified atom stereocenters. The van der Waals surface area contributed by atoms with Crippen LogP contribution in [-0.2, 0) is 4.57 Å². The topological polar surface area (TPSA) is 17.1 Å². The van der Waals surface area contributed by atoms with E-state index in [2.05, 4.69) is 0 Å². The molecule has 1 nitrogen and oxygen atoms in total. The van der Waals surface area contributed by atoms with Gasteiger partial charge in [0.15, 0.2) is 0 Å². The molecule has 0 aromatic carbocycles. The molecule has 0 rings (SSSR count). The lowest BCUT2D eigenvalue weighted by Gasteiger charge is -1.78. The minimum absolute atomic E-state index is 2.73. The number of hydrogen-bond donors (Lipinski definition) is 0. The minimum Gasteiger partial charge on any atom is -0.290 e. The van der Waals surface area contributed by atoms with E-state index >= 15 is 0 Å². The highest BCUT2D eigenvalue weighted by Crippen LogP contribution is 2.52. The second-order valence-corrected chi connectivity index (χ2v) is 4.76. The highest BCUT2D eigenvalue weighted by Gasteiger charge is 1.98. The smallest absolute Gasteiger partial charge is 0.250 e. The number of hydrogen-bond acceptors (Lipinski definition) is 1. The molecule has 0 bridgehead atoms. The van der Waals surface area contributed by atoms with Gasteiger partial charge in [-0.05, 0) is 22.5 Å². The van der Waals surface area contributed by atoms with Crippen LogP contribution in [-0.4, -0.2) is 6.59 Å². The number of rotatable bonds is 0. The third kappa shape index (κ3) is 57.9. The molecule has 0 amide bonds. The predicted molar refractivity (Wildman–Crippen MR) is 25.2 cm³/mol. The molecule has 32 valence electrons. The average molecular weight is 136 g/mol. The molecule has 5 heavy (non-hydrogen) atoms. The first-order valence-corrected chi connectivity index (χ1v) is 4.26.